The number of hydrogen-bond acceptors (Lipinski definition) is 4. The summed E-state index contributed by atoms with van der Waals surface area (Å²) in [5, 5.41) is 5.85. The fourth-order valence-corrected chi connectivity index (χ4v) is 2.34. The lowest BCUT2D eigenvalue weighted by Gasteiger charge is -2.13. The average Bonchev–Trinajstić information content (AvgIpc) is 2.42. The van der Waals surface area contributed by atoms with Crippen LogP contribution in [0.5, 0.6) is 0 Å². The predicted molar refractivity (Wildman–Crippen MR) is 84.1 cm³/mol. The predicted octanol–water partition coefficient (Wildman–Crippen LogP) is 1.85. The van der Waals surface area contributed by atoms with Gasteiger partial charge in [0, 0.05) is 18.9 Å². The van der Waals surface area contributed by atoms with Gasteiger partial charge in [-0.15, -0.1) is 0 Å². The molecule has 0 saturated heterocycles. The molecule has 0 bridgehead atoms. The topological polar surface area (TPSA) is 75.3 Å². The molecule has 21 heavy (non-hydrogen) atoms. The zero-order valence-corrected chi connectivity index (χ0v) is 13.8. The minimum atomic E-state index is -0.0819. The number of carbonyl (C=O) groups excluding carboxylic acids is 3. The normalized spacial score (nSPS) is 13.5. The van der Waals surface area contributed by atoms with Crippen molar-refractivity contribution in [1.29, 1.82) is 0 Å². The number of hydrogen-bond donors (Lipinski definition) is 2. The van der Waals surface area contributed by atoms with Gasteiger partial charge in [0.2, 0.25) is 5.91 Å². The van der Waals surface area contributed by atoms with Crippen LogP contribution in [0.25, 0.3) is 0 Å². The molecule has 0 aliphatic rings. The molecule has 2 atom stereocenters. The molecule has 2 N–H and O–H groups in total. The fourth-order valence-electron chi connectivity index (χ4n) is 2.34. The Bertz CT molecular complexity index is 342. The van der Waals surface area contributed by atoms with Crippen LogP contribution in [-0.4, -0.2) is 37.1 Å². The van der Waals surface area contributed by atoms with Gasteiger partial charge in [-0.25, -0.2) is 0 Å². The van der Waals surface area contributed by atoms with Crippen molar-refractivity contribution in [3.8, 4) is 0 Å². The smallest absolute Gasteiger partial charge is 0.220 e. The number of rotatable bonds is 12. The van der Waals surface area contributed by atoms with Crippen LogP contribution >= 0.6 is 0 Å². The molecule has 0 spiro atoms. The van der Waals surface area contributed by atoms with Crippen LogP contribution in [0.1, 0.15) is 59.3 Å². The van der Waals surface area contributed by atoms with Crippen LogP contribution in [0.15, 0.2) is 0 Å². The molecule has 0 rings (SSSR count). The highest BCUT2D eigenvalue weighted by Crippen LogP contribution is 2.11. The number of Topliss-reactive ketones (excluding diaryl/α,β-unsaturated/α-hetero) is 2. The van der Waals surface area contributed by atoms with E-state index in [1.54, 1.807) is 20.9 Å². The lowest BCUT2D eigenvalue weighted by atomic mass is 9.96. The average molecular weight is 298 g/mol. The fraction of sp³-hybridized carbons (Fsp3) is 0.812. The second kappa shape index (κ2) is 11.4. The van der Waals surface area contributed by atoms with E-state index in [2.05, 4.69) is 10.6 Å². The quantitative estimate of drug-likeness (QED) is 0.539. The number of nitrogens with one attached hydrogen (secondary N) is 2. The second-order valence-corrected chi connectivity index (χ2v) is 5.55. The zero-order valence-electron chi connectivity index (χ0n) is 13.8. The third-order valence-electron chi connectivity index (χ3n) is 3.87. The van der Waals surface area contributed by atoms with Crippen LogP contribution in [0.2, 0.25) is 0 Å². The third kappa shape index (κ3) is 9.34. The first-order chi connectivity index (χ1) is 9.92. The van der Waals surface area contributed by atoms with E-state index in [-0.39, 0.29) is 29.4 Å². The first kappa shape index (κ1) is 19.8. The van der Waals surface area contributed by atoms with Crippen molar-refractivity contribution in [2.24, 2.45) is 5.92 Å². The van der Waals surface area contributed by atoms with Crippen LogP contribution in [0, 0.1) is 5.92 Å². The Morgan fingerprint density at radius 2 is 1.67 bits per heavy atom. The molecule has 5 heteroatoms. The summed E-state index contributed by atoms with van der Waals surface area (Å²) in [4.78, 5) is 34.1. The van der Waals surface area contributed by atoms with E-state index in [1.165, 1.54) is 0 Å². The Balaban J connectivity index is 3.71. The summed E-state index contributed by atoms with van der Waals surface area (Å²) in [6.07, 6.45) is 4.38. The molecule has 0 saturated carbocycles. The van der Waals surface area contributed by atoms with Gasteiger partial charge in [-0.2, -0.15) is 0 Å². The van der Waals surface area contributed by atoms with Gasteiger partial charge in [0.1, 0.15) is 11.6 Å². The molecule has 5 nitrogen and oxygen atoms in total. The number of carbonyl (C=O) groups is 3. The molecule has 0 aromatic rings. The van der Waals surface area contributed by atoms with E-state index in [4.69, 9.17) is 0 Å². The van der Waals surface area contributed by atoms with Gasteiger partial charge in [0.25, 0.3) is 0 Å². The third-order valence-corrected chi connectivity index (χ3v) is 3.87. The summed E-state index contributed by atoms with van der Waals surface area (Å²) >= 11 is 0. The maximum absolute atomic E-state index is 11.7. The van der Waals surface area contributed by atoms with E-state index in [1.807, 2.05) is 6.92 Å². The van der Waals surface area contributed by atoms with Crippen molar-refractivity contribution in [3.63, 3.8) is 0 Å². The first-order valence-corrected chi connectivity index (χ1v) is 7.87. The number of likely N-dealkylation sites (N-methyl/N-ethyl adjacent to an activating group) is 1. The molecule has 0 aromatic heterocycles. The van der Waals surface area contributed by atoms with E-state index < -0.39 is 0 Å². The van der Waals surface area contributed by atoms with Gasteiger partial charge < -0.3 is 10.6 Å². The minimum Gasteiger partial charge on any atom is -0.356 e. The van der Waals surface area contributed by atoms with Crippen molar-refractivity contribution < 1.29 is 14.4 Å². The van der Waals surface area contributed by atoms with Gasteiger partial charge >= 0.3 is 0 Å². The molecule has 122 valence electrons. The molecular weight excluding hydrogens is 268 g/mol. The molecule has 0 heterocycles. The lowest BCUT2D eigenvalue weighted by Crippen LogP contribution is -2.32. The van der Waals surface area contributed by atoms with Gasteiger partial charge in [-0.05, 0) is 53.0 Å². The molecule has 0 radical (unpaired) electrons. The number of unbranched alkanes of at least 4 members (excludes halogenated alkanes) is 1. The van der Waals surface area contributed by atoms with Crippen LogP contribution in [-0.2, 0) is 14.4 Å². The summed E-state index contributed by atoms with van der Waals surface area (Å²) in [7, 11) is 1.78. The van der Waals surface area contributed by atoms with E-state index >= 15 is 0 Å². The molecule has 0 fully saturated rings. The van der Waals surface area contributed by atoms with E-state index in [0.717, 1.165) is 25.7 Å². The molecule has 0 aromatic carbocycles. The summed E-state index contributed by atoms with van der Waals surface area (Å²) < 4.78 is 0. The summed E-state index contributed by atoms with van der Waals surface area (Å²) in [5.41, 5.74) is 0. The highest BCUT2D eigenvalue weighted by Gasteiger charge is 2.13. The van der Waals surface area contributed by atoms with E-state index in [9.17, 15) is 14.4 Å². The Morgan fingerprint density at radius 1 is 1.00 bits per heavy atom. The van der Waals surface area contributed by atoms with Crippen molar-refractivity contribution in [3.05, 3.63) is 0 Å². The Morgan fingerprint density at radius 3 is 2.14 bits per heavy atom. The van der Waals surface area contributed by atoms with Crippen molar-refractivity contribution >= 4 is 17.5 Å². The minimum absolute atomic E-state index is 0.00250. The molecule has 0 aliphatic carbocycles. The van der Waals surface area contributed by atoms with Crippen LogP contribution < -0.4 is 10.6 Å². The Hall–Kier alpha value is -1.23. The Kier molecular flexibility index (Phi) is 10.8. The van der Waals surface area contributed by atoms with Gasteiger partial charge in [-0.3, -0.25) is 14.4 Å². The van der Waals surface area contributed by atoms with Gasteiger partial charge in [0.15, 0.2) is 0 Å². The van der Waals surface area contributed by atoms with Crippen molar-refractivity contribution in [1.82, 2.24) is 10.6 Å². The van der Waals surface area contributed by atoms with Crippen molar-refractivity contribution in [2.45, 2.75) is 65.3 Å². The number of amides is 1. The van der Waals surface area contributed by atoms with Crippen LogP contribution in [0.3, 0.4) is 0 Å². The second-order valence-electron chi connectivity index (χ2n) is 5.55. The Labute approximate surface area is 128 Å². The maximum Gasteiger partial charge on any atom is 0.220 e. The highest BCUT2D eigenvalue weighted by atomic mass is 16.1. The largest absolute Gasteiger partial charge is 0.356 e. The van der Waals surface area contributed by atoms with E-state index in [0.29, 0.717) is 19.4 Å². The summed E-state index contributed by atoms with van der Waals surface area (Å²) in [5.74, 6) is 0.318. The van der Waals surface area contributed by atoms with Crippen LogP contribution in [0.4, 0.5) is 0 Å². The van der Waals surface area contributed by atoms with Gasteiger partial charge in [0.05, 0.1) is 6.04 Å². The molecular formula is C16H30N2O3. The molecule has 2 unspecified atom stereocenters. The zero-order chi connectivity index (χ0) is 16.3. The summed E-state index contributed by atoms with van der Waals surface area (Å²) in [6, 6.07) is -0.0819. The summed E-state index contributed by atoms with van der Waals surface area (Å²) in [6.45, 7) is 5.77. The van der Waals surface area contributed by atoms with Crippen molar-refractivity contribution in [2.75, 3.05) is 13.6 Å². The lowest BCUT2D eigenvalue weighted by molar-refractivity contribution is -0.123. The molecule has 0 aliphatic heterocycles. The standard InChI is InChI=1S/C16H30N2O3/c1-5-14(12(2)19)9-10-16(21)18-11-7-6-8-15(17-4)13(3)20/h14-15,17H,5-11H2,1-4H3,(H,18,21). The molecule has 1 amide bonds. The SMILES string of the molecule is CCC(CCC(=O)NCCCCC(NC)C(C)=O)C(C)=O. The van der Waals surface area contributed by atoms with Gasteiger partial charge in [-0.1, -0.05) is 6.92 Å². The monoisotopic (exact) mass is 298 g/mol. The highest BCUT2D eigenvalue weighted by molar-refractivity contribution is 5.81. The first-order valence-electron chi connectivity index (χ1n) is 7.87. The number of ketones is 2. The maximum atomic E-state index is 11.7.